The summed E-state index contributed by atoms with van der Waals surface area (Å²) < 4.78 is 57.0. The molecule has 6 nitrogen and oxygen atoms in total. The Morgan fingerprint density at radius 3 is 2.83 bits per heavy atom. The normalized spacial score (nSPS) is 17.0. The molecule has 1 aliphatic rings. The molecule has 4 aromatic rings. The lowest BCUT2D eigenvalue weighted by molar-refractivity contribution is -0.139. The van der Waals surface area contributed by atoms with Crippen molar-refractivity contribution in [2.24, 2.45) is 0 Å². The quantitative estimate of drug-likeness (QED) is 0.504. The van der Waals surface area contributed by atoms with Crippen molar-refractivity contribution in [2.45, 2.75) is 18.7 Å². The molecule has 0 radical (unpaired) electrons. The molecular weight excluding hydrogens is 399 g/mol. The summed E-state index contributed by atoms with van der Waals surface area (Å²) in [6.07, 6.45) is -2.64. The first kappa shape index (κ1) is 18.7. The molecular formula is C21H16F3N3O3. The van der Waals surface area contributed by atoms with Crippen LogP contribution in [0.4, 0.5) is 13.2 Å². The predicted octanol–water partition coefficient (Wildman–Crippen LogP) is 5.07. The van der Waals surface area contributed by atoms with Gasteiger partial charge in [0.2, 0.25) is 5.82 Å². The maximum absolute atomic E-state index is 13.6. The monoisotopic (exact) mass is 415 g/mol. The molecule has 2 aromatic carbocycles. The van der Waals surface area contributed by atoms with E-state index < -0.39 is 17.8 Å². The van der Waals surface area contributed by atoms with Gasteiger partial charge in [-0.1, -0.05) is 11.2 Å². The van der Waals surface area contributed by atoms with Crippen molar-refractivity contribution in [1.29, 1.82) is 0 Å². The zero-order valence-electron chi connectivity index (χ0n) is 15.6. The van der Waals surface area contributed by atoms with E-state index in [0.717, 1.165) is 17.0 Å². The van der Waals surface area contributed by atoms with E-state index in [-0.39, 0.29) is 29.6 Å². The van der Waals surface area contributed by atoms with Gasteiger partial charge in [-0.25, -0.2) is 0 Å². The third-order valence-corrected chi connectivity index (χ3v) is 4.98. The average molecular weight is 415 g/mol. The van der Waals surface area contributed by atoms with Crippen LogP contribution in [0.3, 0.4) is 0 Å². The van der Waals surface area contributed by atoms with Crippen LogP contribution in [-0.4, -0.2) is 34.4 Å². The zero-order chi connectivity index (χ0) is 20.7. The second-order valence-electron chi connectivity index (χ2n) is 6.98. The SMILES string of the molecule is FC(F)(F)c1cc(-c2noc(-c3cccc4[nH]ccc34)n2)ccc1OC1CCOC1. The topological polar surface area (TPSA) is 73.2 Å². The third kappa shape index (κ3) is 3.41. The fourth-order valence-corrected chi connectivity index (χ4v) is 3.50. The van der Waals surface area contributed by atoms with Crippen LogP contribution in [-0.2, 0) is 10.9 Å². The number of aromatic nitrogens is 3. The minimum atomic E-state index is -4.59. The maximum atomic E-state index is 13.6. The van der Waals surface area contributed by atoms with Crippen molar-refractivity contribution in [3.63, 3.8) is 0 Å². The summed E-state index contributed by atoms with van der Waals surface area (Å²) in [6.45, 7) is 0.752. The number of ether oxygens (including phenoxy) is 2. The molecule has 1 atom stereocenters. The lowest BCUT2D eigenvalue weighted by atomic mass is 10.1. The highest BCUT2D eigenvalue weighted by atomic mass is 19.4. The van der Waals surface area contributed by atoms with Crippen molar-refractivity contribution in [1.82, 2.24) is 15.1 Å². The number of fused-ring (bicyclic) bond motifs is 1. The van der Waals surface area contributed by atoms with Gasteiger partial charge < -0.3 is 19.0 Å². The molecule has 1 saturated heterocycles. The first-order valence-corrected chi connectivity index (χ1v) is 9.35. The van der Waals surface area contributed by atoms with Gasteiger partial charge in [-0.3, -0.25) is 0 Å². The Morgan fingerprint density at radius 1 is 1.13 bits per heavy atom. The molecule has 1 unspecified atom stereocenters. The van der Waals surface area contributed by atoms with Crippen LogP contribution in [0.1, 0.15) is 12.0 Å². The molecule has 154 valence electrons. The first-order chi connectivity index (χ1) is 14.5. The van der Waals surface area contributed by atoms with Crippen LogP contribution >= 0.6 is 0 Å². The van der Waals surface area contributed by atoms with Gasteiger partial charge in [0.25, 0.3) is 5.89 Å². The minimum absolute atomic E-state index is 0.0683. The number of halogens is 3. The summed E-state index contributed by atoms with van der Waals surface area (Å²) in [5, 5.41) is 4.77. The second-order valence-corrected chi connectivity index (χ2v) is 6.98. The second kappa shape index (κ2) is 7.17. The molecule has 1 fully saturated rings. The van der Waals surface area contributed by atoms with E-state index in [2.05, 4.69) is 15.1 Å². The molecule has 0 bridgehead atoms. The van der Waals surface area contributed by atoms with Crippen LogP contribution in [0.2, 0.25) is 0 Å². The van der Waals surface area contributed by atoms with E-state index in [1.165, 1.54) is 12.1 Å². The number of alkyl halides is 3. The van der Waals surface area contributed by atoms with Crippen LogP contribution in [0, 0.1) is 0 Å². The molecule has 0 spiro atoms. The van der Waals surface area contributed by atoms with E-state index in [4.69, 9.17) is 14.0 Å². The highest BCUT2D eigenvalue weighted by Gasteiger charge is 2.36. The lowest BCUT2D eigenvalue weighted by Crippen LogP contribution is -2.18. The molecule has 5 rings (SSSR count). The third-order valence-electron chi connectivity index (χ3n) is 4.98. The molecule has 2 aromatic heterocycles. The van der Waals surface area contributed by atoms with E-state index in [9.17, 15) is 13.2 Å². The Kier molecular flexibility index (Phi) is 4.47. The van der Waals surface area contributed by atoms with Gasteiger partial charge in [0, 0.05) is 34.6 Å². The van der Waals surface area contributed by atoms with E-state index in [0.29, 0.717) is 18.6 Å². The highest BCUT2D eigenvalue weighted by molar-refractivity contribution is 5.93. The van der Waals surface area contributed by atoms with Crippen molar-refractivity contribution < 1.29 is 27.2 Å². The molecule has 0 saturated carbocycles. The van der Waals surface area contributed by atoms with Crippen LogP contribution < -0.4 is 4.74 Å². The van der Waals surface area contributed by atoms with E-state index in [1.54, 1.807) is 6.20 Å². The summed E-state index contributed by atoms with van der Waals surface area (Å²) in [7, 11) is 0. The molecule has 30 heavy (non-hydrogen) atoms. The standard InChI is InChI=1S/C21H16F3N3O3/c22-21(23,24)16-10-12(4-5-18(16)29-13-7-9-28-11-13)19-26-20(30-27-19)15-2-1-3-17-14(15)6-8-25-17/h1-6,8,10,13,25H,7,9,11H2. The summed E-state index contributed by atoms with van der Waals surface area (Å²) in [6, 6.07) is 11.2. The van der Waals surface area contributed by atoms with Crippen molar-refractivity contribution in [3.8, 4) is 28.6 Å². The lowest BCUT2D eigenvalue weighted by Gasteiger charge is -2.17. The number of benzene rings is 2. The molecule has 1 N–H and O–H groups in total. The molecule has 3 heterocycles. The Balaban J connectivity index is 1.51. The summed E-state index contributed by atoms with van der Waals surface area (Å²) in [5.41, 5.74) is 0.897. The fraction of sp³-hybridized carbons (Fsp3) is 0.238. The van der Waals surface area contributed by atoms with Crippen LogP contribution in [0.25, 0.3) is 33.7 Å². The average Bonchev–Trinajstić information content (AvgIpc) is 3.48. The van der Waals surface area contributed by atoms with E-state index in [1.807, 2.05) is 24.3 Å². The summed E-state index contributed by atoms with van der Waals surface area (Å²) in [5.74, 6) is 0.0635. The van der Waals surface area contributed by atoms with Crippen molar-refractivity contribution in [2.75, 3.05) is 13.2 Å². The number of H-pyrrole nitrogens is 1. The minimum Gasteiger partial charge on any atom is -0.487 e. The Bertz CT molecular complexity index is 1190. The summed E-state index contributed by atoms with van der Waals surface area (Å²) >= 11 is 0. The van der Waals surface area contributed by atoms with Crippen molar-refractivity contribution >= 4 is 10.9 Å². The van der Waals surface area contributed by atoms with Gasteiger partial charge in [0.15, 0.2) is 0 Å². The molecule has 0 aliphatic carbocycles. The van der Waals surface area contributed by atoms with Crippen LogP contribution in [0.5, 0.6) is 5.75 Å². The van der Waals surface area contributed by atoms with Gasteiger partial charge >= 0.3 is 6.18 Å². The number of nitrogens with one attached hydrogen (secondary N) is 1. The maximum Gasteiger partial charge on any atom is 0.419 e. The van der Waals surface area contributed by atoms with Gasteiger partial charge in [-0.15, -0.1) is 0 Å². The Morgan fingerprint density at radius 2 is 2.03 bits per heavy atom. The van der Waals surface area contributed by atoms with Gasteiger partial charge in [0.1, 0.15) is 11.9 Å². The summed E-state index contributed by atoms with van der Waals surface area (Å²) in [4.78, 5) is 7.41. The van der Waals surface area contributed by atoms with Gasteiger partial charge in [-0.2, -0.15) is 18.2 Å². The number of rotatable bonds is 4. The van der Waals surface area contributed by atoms with Gasteiger partial charge in [-0.05, 0) is 36.4 Å². The number of aromatic amines is 1. The number of hydrogen-bond donors (Lipinski definition) is 1. The Labute approximate surface area is 168 Å². The number of nitrogens with zero attached hydrogens (tertiary/aromatic N) is 2. The van der Waals surface area contributed by atoms with E-state index >= 15 is 0 Å². The van der Waals surface area contributed by atoms with Gasteiger partial charge in [0.05, 0.1) is 18.8 Å². The largest absolute Gasteiger partial charge is 0.487 e. The first-order valence-electron chi connectivity index (χ1n) is 9.35. The zero-order valence-corrected chi connectivity index (χ0v) is 15.6. The van der Waals surface area contributed by atoms with Crippen LogP contribution in [0.15, 0.2) is 53.2 Å². The predicted molar refractivity (Wildman–Crippen MR) is 102 cm³/mol. The molecule has 0 amide bonds. The smallest absolute Gasteiger partial charge is 0.419 e. The van der Waals surface area contributed by atoms with Crippen molar-refractivity contribution in [3.05, 3.63) is 54.2 Å². The molecule has 9 heteroatoms. The highest BCUT2D eigenvalue weighted by Crippen LogP contribution is 2.39. The number of hydrogen-bond acceptors (Lipinski definition) is 5. The Hall–Kier alpha value is -3.33. The molecule has 1 aliphatic heterocycles. The fourth-order valence-electron chi connectivity index (χ4n) is 3.50.